The molecule has 0 aliphatic heterocycles. The summed E-state index contributed by atoms with van der Waals surface area (Å²) in [5.74, 6) is 0.488. The third kappa shape index (κ3) is 4.79. The van der Waals surface area contributed by atoms with Gasteiger partial charge >= 0.3 is 5.97 Å². The van der Waals surface area contributed by atoms with Gasteiger partial charge in [0.1, 0.15) is 11.4 Å². The van der Waals surface area contributed by atoms with Crippen LogP contribution >= 0.6 is 0 Å². The summed E-state index contributed by atoms with van der Waals surface area (Å²) >= 11 is 0. The lowest BCUT2D eigenvalue weighted by Gasteiger charge is -2.15. The third-order valence-corrected chi connectivity index (χ3v) is 7.49. The zero-order valence-corrected chi connectivity index (χ0v) is 23.2. The van der Waals surface area contributed by atoms with Crippen molar-refractivity contribution in [2.24, 2.45) is 7.05 Å². The van der Waals surface area contributed by atoms with Crippen LogP contribution in [0.2, 0.25) is 0 Å². The first-order valence-electron chi connectivity index (χ1n) is 13.4. The molecule has 5 aromatic rings. The number of ether oxygens (including phenoxy) is 2. The van der Waals surface area contributed by atoms with E-state index in [1.165, 1.54) is 0 Å². The van der Waals surface area contributed by atoms with E-state index in [1.807, 2.05) is 52.1 Å². The number of aliphatic hydroxyl groups is 1. The molecular weight excluding hydrogens is 490 g/mol. The molecule has 0 saturated heterocycles. The number of carbonyl (C=O) groups is 1. The molecular formula is C32H35N3O4. The van der Waals surface area contributed by atoms with Gasteiger partial charge in [-0.3, -0.25) is 4.68 Å². The van der Waals surface area contributed by atoms with Gasteiger partial charge in [0.15, 0.2) is 0 Å². The Hall–Kier alpha value is -4.10. The maximum Gasteiger partial charge on any atom is 0.355 e. The van der Waals surface area contributed by atoms with E-state index in [2.05, 4.69) is 47.3 Å². The predicted molar refractivity (Wildman–Crippen MR) is 154 cm³/mol. The normalized spacial score (nSPS) is 12.3. The third-order valence-electron chi connectivity index (χ3n) is 7.49. The van der Waals surface area contributed by atoms with Crippen LogP contribution in [0.4, 0.5) is 0 Å². The second-order valence-corrected chi connectivity index (χ2v) is 10.0. The highest BCUT2D eigenvalue weighted by atomic mass is 16.5. The maximum atomic E-state index is 13.2. The fourth-order valence-corrected chi connectivity index (χ4v) is 5.61. The Morgan fingerprint density at radius 3 is 2.59 bits per heavy atom. The second-order valence-electron chi connectivity index (χ2n) is 10.0. The molecule has 0 amide bonds. The molecule has 5 rings (SSSR count). The van der Waals surface area contributed by atoms with Crippen LogP contribution in [0.15, 0.2) is 54.6 Å². The Morgan fingerprint density at radius 1 is 1.05 bits per heavy atom. The van der Waals surface area contributed by atoms with E-state index in [0.29, 0.717) is 18.7 Å². The fraction of sp³-hybridized carbons (Fsp3) is 0.312. The summed E-state index contributed by atoms with van der Waals surface area (Å²) in [4.78, 5) is 16.6. The molecule has 2 N–H and O–H groups in total. The number of aryl methyl sites for hydroxylation is 3. The number of aromatic amines is 1. The summed E-state index contributed by atoms with van der Waals surface area (Å²) in [6.45, 7) is 8.55. The first-order valence-corrected chi connectivity index (χ1v) is 13.4. The van der Waals surface area contributed by atoms with Crippen LogP contribution < -0.4 is 4.74 Å². The Balaban J connectivity index is 1.55. The number of H-pyrrole nitrogens is 1. The van der Waals surface area contributed by atoms with Crippen molar-refractivity contribution in [3.63, 3.8) is 0 Å². The predicted octanol–water partition coefficient (Wildman–Crippen LogP) is 6.58. The van der Waals surface area contributed by atoms with Crippen LogP contribution in [-0.2, 0) is 18.4 Å². The number of fused-ring (bicyclic) bond motifs is 2. The Labute approximate surface area is 228 Å². The van der Waals surface area contributed by atoms with Gasteiger partial charge in [-0.05, 0) is 55.7 Å². The second kappa shape index (κ2) is 10.9. The largest absolute Gasteiger partial charge is 0.493 e. The van der Waals surface area contributed by atoms with Crippen LogP contribution in [0.1, 0.15) is 59.2 Å². The monoisotopic (exact) mass is 525 g/mol. The number of rotatable bonds is 9. The van der Waals surface area contributed by atoms with Crippen molar-refractivity contribution >= 4 is 27.6 Å². The average Bonchev–Trinajstić information content (AvgIpc) is 3.45. The van der Waals surface area contributed by atoms with Crippen molar-refractivity contribution in [1.29, 1.82) is 0 Å². The van der Waals surface area contributed by atoms with E-state index in [4.69, 9.17) is 9.47 Å². The zero-order valence-electron chi connectivity index (χ0n) is 23.2. The number of benzene rings is 3. The highest BCUT2D eigenvalue weighted by molar-refractivity contribution is 6.05. The summed E-state index contributed by atoms with van der Waals surface area (Å²) in [5, 5.41) is 17.9. The van der Waals surface area contributed by atoms with E-state index >= 15 is 0 Å². The smallest absolute Gasteiger partial charge is 0.355 e. The summed E-state index contributed by atoms with van der Waals surface area (Å²) in [5.41, 5.74) is 6.64. The molecule has 1 unspecified atom stereocenters. The molecule has 0 aliphatic carbocycles. The van der Waals surface area contributed by atoms with Crippen LogP contribution in [-0.4, -0.2) is 39.1 Å². The fourth-order valence-electron chi connectivity index (χ4n) is 5.61. The number of hydrogen-bond acceptors (Lipinski definition) is 5. The number of carbonyl (C=O) groups excluding carboxylic acids is 1. The van der Waals surface area contributed by atoms with Crippen molar-refractivity contribution < 1.29 is 19.4 Å². The van der Waals surface area contributed by atoms with Crippen molar-refractivity contribution in [3.05, 3.63) is 82.8 Å². The minimum Gasteiger partial charge on any atom is -0.493 e. The van der Waals surface area contributed by atoms with Crippen molar-refractivity contribution in [3.8, 4) is 16.9 Å². The number of hydrogen-bond donors (Lipinski definition) is 2. The van der Waals surface area contributed by atoms with Crippen molar-refractivity contribution in [2.45, 2.75) is 46.6 Å². The minimum absolute atomic E-state index is 0.0102. The summed E-state index contributed by atoms with van der Waals surface area (Å²) < 4.78 is 13.4. The van der Waals surface area contributed by atoms with Gasteiger partial charge in [-0.1, -0.05) is 55.5 Å². The van der Waals surface area contributed by atoms with E-state index in [0.717, 1.165) is 61.1 Å². The lowest BCUT2D eigenvalue weighted by Crippen LogP contribution is -2.11. The van der Waals surface area contributed by atoms with E-state index in [-0.39, 0.29) is 25.1 Å². The Kier molecular flexibility index (Phi) is 7.44. The summed E-state index contributed by atoms with van der Waals surface area (Å²) in [6, 6.07) is 18.4. The molecule has 0 bridgehead atoms. The maximum absolute atomic E-state index is 13.2. The van der Waals surface area contributed by atoms with E-state index in [1.54, 1.807) is 4.68 Å². The molecule has 39 heavy (non-hydrogen) atoms. The van der Waals surface area contributed by atoms with Gasteiger partial charge in [-0.25, -0.2) is 4.79 Å². The van der Waals surface area contributed by atoms with Crippen LogP contribution in [0.5, 0.6) is 5.75 Å². The van der Waals surface area contributed by atoms with E-state index in [9.17, 15) is 9.90 Å². The molecule has 2 heterocycles. The highest BCUT2D eigenvalue weighted by Crippen LogP contribution is 2.40. The van der Waals surface area contributed by atoms with Gasteiger partial charge in [-0.15, -0.1) is 0 Å². The number of nitrogens with one attached hydrogen (secondary N) is 1. The van der Waals surface area contributed by atoms with Gasteiger partial charge in [0.2, 0.25) is 0 Å². The molecule has 0 spiro atoms. The SMILES string of the molecule is CCOC(=O)c1[nH]c2c(-c3c(C)nn(C)c3CO)c(C)ccc2c1C(C)CCOc1cccc2ccccc12. The number of aliphatic hydroxyl groups excluding tert-OH is 1. The van der Waals surface area contributed by atoms with Crippen LogP contribution in [0.3, 0.4) is 0 Å². The summed E-state index contributed by atoms with van der Waals surface area (Å²) in [7, 11) is 1.83. The van der Waals surface area contributed by atoms with Gasteiger partial charge in [0.05, 0.1) is 36.7 Å². The molecule has 2 aromatic heterocycles. The topological polar surface area (TPSA) is 89.4 Å². The van der Waals surface area contributed by atoms with Gasteiger partial charge in [-0.2, -0.15) is 5.10 Å². The lowest BCUT2D eigenvalue weighted by atomic mass is 9.91. The van der Waals surface area contributed by atoms with Gasteiger partial charge in [0.25, 0.3) is 0 Å². The molecule has 1 atom stereocenters. The molecule has 0 aliphatic rings. The first-order chi connectivity index (χ1) is 18.8. The van der Waals surface area contributed by atoms with Crippen LogP contribution in [0.25, 0.3) is 32.8 Å². The van der Waals surface area contributed by atoms with Crippen molar-refractivity contribution in [1.82, 2.24) is 14.8 Å². The molecule has 0 radical (unpaired) electrons. The summed E-state index contributed by atoms with van der Waals surface area (Å²) in [6.07, 6.45) is 0.708. The molecule has 0 saturated carbocycles. The lowest BCUT2D eigenvalue weighted by molar-refractivity contribution is 0.0518. The molecule has 3 aromatic carbocycles. The quantitative estimate of drug-likeness (QED) is 0.212. The van der Waals surface area contributed by atoms with Gasteiger partial charge < -0.3 is 19.6 Å². The molecule has 7 nitrogen and oxygen atoms in total. The first kappa shape index (κ1) is 26.5. The Morgan fingerprint density at radius 2 is 1.82 bits per heavy atom. The van der Waals surface area contributed by atoms with Crippen LogP contribution in [0, 0.1) is 13.8 Å². The standard InChI is InChI=1S/C32H35N3O4/c1-6-38-32(37)31-27(20(3)16-17-39-26-13-9-11-22-10-7-8-12-23(22)26)24-15-14-19(2)28(30(24)33-31)29-21(4)34-35(5)25(29)18-36/h7-15,20,33,36H,6,16-18H2,1-5H3. The zero-order chi connectivity index (χ0) is 27.7. The molecule has 0 fully saturated rings. The van der Waals surface area contributed by atoms with Gasteiger partial charge in [0, 0.05) is 28.9 Å². The number of aromatic nitrogens is 3. The molecule has 202 valence electrons. The Bertz CT molecular complexity index is 1660. The number of nitrogens with zero attached hydrogens (tertiary/aromatic N) is 2. The number of esters is 1. The average molecular weight is 526 g/mol. The van der Waals surface area contributed by atoms with E-state index < -0.39 is 0 Å². The molecule has 7 heteroatoms. The highest BCUT2D eigenvalue weighted by Gasteiger charge is 2.27. The minimum atomic E-state index is -0.376. The van der Waals surface area contributed by atoms with Crippen molar-refractivity contribution in [2.75, 3.05) is 13.2 Å².